The molecule has 30 heavy (non-hydrogen) atoms. The first-order chi connectivity index (χ1) is 14.7. The quantitative estimate of drug-likeness (QED) is 0.515. The molecule has 0 aliphatic heterocycles. The molecule has 162 valence electrons. The van der Waals surface area contributed by atoms with E-state index in [4.69, 9.17) is 9.73 Å². The van der Waals surface area contributed by atoms with Crippen LogP contribution in [-0.4, -0.2) is 40.8 Å². The summed E-state index contributed by atoms with van der Waals surface area (Å²) in [6.07, 6.45) is 10.5. The summed E-state index contributed by atoms with van der Waals surface area (Å²) in [5.74, 6) is 1.87. The standard InChI is InChI=1S/C24H35N5O/c1-3-25-23(28-20-16-21(30-4-2)24(20)12-8-9-13-24)27-17-22-26-14-15-29(22)18-19-10-6-5-7-11-19/h5-7,10-11,14-15,20-21H,3-4,8-9,12-13,16-18H2,1-2H3,(H2,25,27,28). The van der Waals surface area contributed by atoms with E-state index in [9.17, 15) is 0 Å². The number of hydrogen-bond acceptors (Lipinski definition) is 3. The van der Waals surface area contributed by atoms with E-state index in [1.54, 1.807) is 0 Å². The lowest BCUT2D eigenvalue weighted by Crippen LogP contribution is -2.65. The number of ether oxygens (including phenoxy) is 1. The Bertz CT molecular complexity index is 825. The fraction of sp³-hybridized carbons (Fsp3) is 0.583. The van der Waals surface area contributed by atoms with E-state index in [0.29, 0.717) is 18.7 Å². The lowest BCUT2D eigenvalue weighted by atomic mass is 9.60. The van der Waals surface area contributed by atoms with Crippen LogP contribution in [0.2, 0.25) is 0 Å². The summed E-state index contributed by atoms with van der Waals surface area (Å²) in [4.78, 5) is 9.42. The summed E-state index contributed by atoms with van der Waals surface area (Å²) < 4.78 is 8.24. The van der Waals surface area contributed by atoms with Gasteiger partial charge in [-0.1, -0.05) is 43.2 Å². The average Bonchev–Trinajstić information content (AvgIpc) is 3.43. The van der Waals surface area contributed by atoms with Crippen LogP contribution in [-0.2, 0) is 17.8 Å². The number of nitrogens with one attached hydrogen (secondary N) is 2. The molecule has 0 saturated heterocycles. The van der Waals surface area contributed by atoms with E-state index in [2.05, 4.69) is 58.3 Å². The van der Waals surface area contributed by atoms with Crippen LogP contribution in [0.5, 0.6) is 0 Å². The number of aromatic nitrogens is 2. The molecule has 2 saturated carbocycles. The van der Waals surface area contributed by atoms with Crippen LogP contribution in [0.15, 0.2) is 47.7 Å². The number of benzene rings is 1. The molecule has 4 rings (SSSR count). The SMILES string of the molecule is CCNC(=NCc1nccn1Cc1ccccc1)NC1CC(OCC)C12CCCC2. The molecule has 1 aromatic carbocycles. The fourth-order valence-electron chi connectivity index (χ4n) is 5.14. The molecule has 6 nitrogen and oxygen atoms in total. The van der Waals surface area contributed by atoms with Crippen molar-refractivity contribution < 1.29 is 4.74 Å². The van der Waals surface area contributed by atoms with Gasteiger partial charge in [0.2, 0.25) is 0 Å². The lowest BCUT2D eigenvalue weighted by molar-refractivity contribution is -0.125. The summed E-state index contributed by atoms with van der Waals surface area (Å²) in [5, 5.41) is 7.16. The molecular weight excluding hydrogens is 374 g/mol. The third-order valence-corrected chi connectivity index (χ3v) is 6.72. The molecule has 0 amide bonds. The molecule has 0 bridgehead atoms. The Morgan fingerprint density at radius 2 is 2.03 bits per heavy atom. The molecule has 1 aromatic heterocycles. The number of rotatable bonds is 8. The second-order valence-corrected chi connectivity index (χ2v) is 8.47. The number of aliphatic imine (C=N–C) groups is 1. The molecule has 2 aliphatic carbocycles. The predicted molar refractivity (Wildman–Crippen MR) is 120 cm³/mol. The summed E-state index contributed by atoms with van der Waals surface area (Å²) >= 11 is 0. The summed E-state index contributed by atoms with van der Waals surface area (Å²) in [6.45, 7) is 7.24. The van der Waals surface area contributed by atoms with Gasteiger partial charge in [0.1, 0.15) is 12.4 Å². The molecular formula is C24H35N5O. The fourth-order valence-corrected chi connectivity index (χ4v) is 5.14. The Morgan fingerprint density at radius 1 is 1.23 bits per heavy atom. The molecule has 2 N–H and O–H groups in total. The highest BCUT2D eigenvalue weighted by atomic mass is 16.5. The minimum atomic E-state index is 0.290. The molecule has 1 heterocycles. The van der Waals surface area contributed by atoms with Gasteiger partial charge in [0.15, 0.2) is 5.96 Å². The van der Waals surface area contributed by atoms with Gasteiger partial charge in [-0.2, -0.15) is 0 Å². The number of guanidine groups is 1. The maximum Gasteiger partial charge on any atom is 0.191 e. The van der Waals surface area contributed by atoms with Crippen molar-refractivity contribution in [3.05, 3.63) is 54.1 Å². The van der Waals surface area contributed by atoms with Gasteiger partial charge in [-0.3, -0.25) is 0 Å². The monoisotopic (exact) mass is 409 g/mol. The van der Waals surface area contributed by atoms with Crippen molar-refractivity contribution in [2.75, 3.05) is 13.2 Å². The normalized spacial score (nSPS) is 22.8. The first-order valence-electron chi connectivity index (χ1n) is 11.5. The van der Waals surface area contributed by atoms with Gasteiger partial charge in [0.25, 0.3) is 0 Å². The maximum absolute atomic E-state index is 6.06. The van der Waals surface area contributed by atoms with Crippen molar-refractivity contribution in [1.29, 1.82) is 0 Å². The van der Waals surface area contributed by atoms with Crippen LogP contribution in [0.25, 0.3) is 0 Å². The molecule has 2 aliphatic rings. The Kier molecular flexibility index (Phi) is 6.72. The first kappa shape index (κ1) is 20.9. The van der Waals surface area contributed by atoms with E-state index in [0.717, 1.165) is 37.9 Å². The van der Waals surface area contributed by atoms with Gasteiger partial charge in [-0.15, -0.1) is 0 Å². The van der Waals surface area contributed by atoms with Crippen LogP contribution in [0.1, 0.15) is 57.3 Å². The number of hydrogen-bond donors (Lipinski definition) is 2. The van der Waals surface area contributed by atoms with Crippen molar-refractivity contribution in [3.63, 3.8) is 0 Å². The topological polar surface area (TPSA) is 63.5 Å². The summed E-state index contributed by atoms with van der Waals surface area (Å²) in [7, 11) is 0. The Hall–Kier alpha value is -2.34. The second kappa shape index (κ2) is 9.65. The first-order valence-corrected chi connectivity index (χ1v) is 11.5. The van der Waals surface area contributed by atoms with Crippen molar-refractivity contribution >= 4 is 5.96 Å². The highest BCUT2D eigenvalue weighted by Crippen LogP contribution is 2.54. The maximum atomic E-state index is 6.06. The third-order valence-electron chi connectivity index (χ3n) is 6.72. The van der Waals surface area contributed by atoms with Gasteiger partial charge in [-0.05, 0) is 38.7 Å². The predicted octanol–water partition coefficient (Wildman–Crippen LogP) is 3.72. The number of nitrogens with zero attached hydrogens (tertiary/aromatic N) is 3. The van der Waals surface area contributed by atoms with Gasteiger partial charge in [0.05, 0.1) is 6.10 Å². The van der Waals surface area contributed by atoms with E-state index >= 15 is 0 Å². The van der Waals surface area contributed by atoms with Crippen molar-refractivity contribution in [3.8, 4) is 0 Å². The third kappa shape index (κ3) is 4.38. The molecule has 0 radical (unpaired) electrons. The van der Waals surface area contributed by atoms with E-state index < -0.39 is 0 Å². The molecule has 2 aromatic rings. The smallest absolute Gasteiger partial charge is 0.191 e. The minimum absolute atomic E-state index is 0.290. The molecule has 2 atom stereocenters. The van der Waals surface area contributed by atoms with Gasteiger partial charge in [0, 0.05) is 43.5 Å². The summed E-state index contributed by atoms with van der Waals surface area (Å²) in [6, 6.07) is 10.9. The van der Waals surface area contributed by atoms with Crippen LogP contribution in [0, 0.1) is 5.41 Å². The molecule has 1 spiro atoms. The highest BCUT2D eigenvalue weighted by molar-refractivity contribution is 5.80. The molecule has 6 heteroatoms. The second-order valence-electron chi connectivity index (χ2n) is 8.47. The van der Waals surface area contributed by atoms with Crippen LogP contribution >= 0.6 is 0 Å². The van der Waals surface area contributed by atoms with Gasteiger partial charge < -0.3 is 19.9 Å². The molecule has 2 unspecified atom stereocenters. The average molecular weight is 410 g/mol. The van der Waals surface area contributed by atoms with Gasteiger partial charge >= 0.3 is 0 Å². The van der Waals surface area contributed by atoms with Crippen molar-refractivity contribution in [2.45, 2.75) is 71.2 Å². The van der Waals surface area contributed by atoms with Crippen molar-refractivity contribution in [2.24, 2.45) is 10.4 Å². The Morgan fingerprint density at radius 3 is 2.77 bits per heavy atom. The van der Waals surface area contributed by atoms with Crippen LogP contribution in [0.4, 0.5) is 0 Å². The zero-order valence-corrected chi connectivity index (χ0v) is 18.3. The van der Waals surface area contributed by atoms with E-state index in [-0.39, 0.29) is 5.41 Å². The Balaban J connectivity index is 1.42. The minimum Gasteiger partial charge on any atom is -0.378 e. The zero-order valence-electron chi connectivity index (χ0n) is 18.3. The van der Waals surface area contributed by atoms with E-state index in [1.807, 2.05) is 18.5 Å². The highest BCUT2D eigenvalue weighted by Gasteiger charge is 2.56. The van der Waals surface area contributed by atoms with Crippen LogP contribution < -0.4 is 10.6 Å². The lowest BCUT2D eigenvalue weighted by Gasteiger charge is -2.54. The summed E-state index contributed by atoms with van der Waals surface area (Å²) in [5.41, 5.74) is 1.56. The zero-order chi connectivity index (χ0) is 20.8. The van der Waals surface area contributed by atoms with Gasteiger partial charge in [-0.25, -0.2) is 9.98 Å². The Labute approximate surface area is 180 Å². The largest absolute Gasteiger partial charge is 0.378 e. The van der Waals surface area contributed by atoms with Crippen molar-refractivity contribution in [1.82, 2.24) is 20.2 Å². The number of imidazole rings is 1. The van der Waals surface area contributed by atoms with E-state index in [1.165, 1.54) is 31.2 Å². The van der Waals surface area contributed by atoms with Crippen LogP contribution in [0.3, 0.4) is 0 Å². The molecule has 2 fully saturated rings.